The summed E-state index contributed by atoms with van der Waals surface area (Å²) in [6, 6.07) is 0. The Labute approximate surface area is 472 Å². The fourth-order valence-electron chi connectivity index (χ4n) is 8.01. The van der Waals surface area contributed by atoms with Crippen molar-refractivity contribution in [3.05, 3.63) is 134 Å². The third-order valence-corrected chi connectivity index (χ3v) is 13.5. The molecule has 2 atom stereocenters. The Balaban J connectivity index is 3.98. The van der Waals surface area contributed by atoms with Gasteiger partial charge in [0.1, 0.15) is 6.61 Å². The van der Waals surface area contributed by atoms with Gasteiger partial charge in [0, 0.05) is 19.4 Å². The van der Waals surface area contributed by atoms with Crippen LogP contribution in [0.4, 0.5) is 0 Å². The second-order valence-corrected chi connectivity index (χ2v) is 21.3. The maximum absolute atomic E-state index is 12.7. The molecule has 77 heavy (non-hydrogen) atoms. The molecule has 0 aliphatic carbocycles. The molecule has 0 saturated carbocycles. The van der Waals surface area contributed by atoms with Crippen molar-refractivity contribution in [3.8, 4) is 0 Å². The lowest BCUT2D eigenvalue weighted by atomic mass is 10.0. The first kappa shape index (κ1) is 73.2. The Morgan fingerprint density at radius 1 is 0.403 bits per heavy atom. The van der Waals surface area contributed by atoms with Gasteiger partial charge < -0.3 is 20.1 Å². The average molecular weight is 1090 g/mol. The van der Waals surface area contributed by atoms with E-state index in [2.05, 4.69) is 148 Å². The van der Waals surface area contributed by atoms with Crippen LogP contribution in [0.15, 0.2) is 134 Å². The molecule has 438 valence electrons. The third kappa shape index (κ3) is 61.2. The largest absolute Gasteiger partial charge is 0.472 e. The number of rotatable bonds is 56. The van der Waals surface area contributed by atoms with Crippen molar-refractivity contribution in [1.29, 1.82) is 0 Å². The van der Waals surface area contributed by atoms with Crippen LogP contribution in [0.3, 0.4) is 0 Å². The number of unbranched alkanes of at least 4 members (excludes halogenated alkanes) is 21. The normalized spacial score (nSPS) is 14.0. The van der Waals surface area contributed by atoms with E-state index in [4.69, 9.17) is 24.3 Å². The molecule has 0 bridgehead atoms. The fourth-order valence-corrected chi connectivity index (χ4v) is 8.78. The molecule has 0 amide bonds. The first-order valence-electron chi connectivity index (χ1n) is 30.7. The molecule has 10 heteroatoms. The standard InChI is InChI=1S/C67H112NO8P/c1-3-5-7-9-11-13-15-17-19-21-23-24-25-26-27-28-29-30-31-32-33-34-35-36-37-38-39-40-42-44-46-48-50-52-54-56-58-60-67(70)76-65(64-75-77(71,72)74-62-61-68)63-73-66(69)59-57-55-53-51-49-47-45-43-41-22-20-18-16-14-12-10-8-6-4-2/h5,7,11-14,17-20,23-24,26-27,29-30,32-33,35-36,41,43,65H,3-4,6,8-10,15-16,21-22,25,28,31,34,37-40,42,44-64,68H2,1-2H3,(H,71,72)/b7-5-,13-11-,14-12-,19-17-,20-18-,24-23-,27-26-,30-29-,33-32-,36-35-,43-41-. The molecule has 0 aliphatic heterocycles. The number of ether oxygens (including phenoxy) is 2. The van der Waals surface area contributed by atoms with Crippen molar-refractivity contribution in [3.63, 3.8) is 0 Å². The number of carbonyl (C=O) groups is 2. The molecule has 0 aliphatic rings. The maximum atomic E-state index is 12.7. The maximum Gasteiger partial charge on any atom is 0.472 e. The van der Waals surface area contributed by atoms with Crippen LogP contribution < -0.4 is 5.73 Å². The van der Waals surface area contributed by atoms with Crippen LogP contribution in [0.1, 0.15) is 245 Å². The highest BCUT2D eigenvalue weighted by Gasteiger charge is 2.26. The van der Waals surface area contributed by atoms with Crippen LogP contribution in [0.2, 0.25) is 0 Å². The minimum absolute atomic E-state index is 0.0452. The molecule has 0 radical (unpaired) electrons. The zero-order chi connectivity index (χ0) is 55.9. The molecule has 0 aromatic heterocycles. The van der Waals surface area contributed by atoms with E-state index in [9.17, 15) is 19.0 Å². The third-order valence-electron chi connectivity index (χ3n) is 12.5. The van der Waals surface area contributed by atoms with Crippen molar-refractivity contribution in [2.45, 2.75) is 251 Å². The molecular formula is C67H112NO8P. The second kappa shape index (κ2) is 61.4. The minimum atomic E-state index is -4.40. The lowest BCUT2D eigenvalue weighted by Crippen LogP contribution is -2.29. The number of allylic oxidation sites excluding steroid dienone is 22. The quantitative estimate of drug-likeness (QED) is 0.0264. The number of carbonyl (C=O) groups excluding carboxylic acids is 2. The second-order valence-electron chi connectivity index (χ2n) is 19.8. The summed E-state index contributed by atoms with van der Waals surface area (Å²) in [5.74, 6) is -0.850. The van der Waals surface area contributed by atoms with Crippen LogP contribution in [0.5, 0.6) is 0 Å². The van der Waals surface area contributed by atoms with Crippen LogP contribution in [0.25, 0.3) is 0 Å². The number of phosphoric ester groups is 1. The summed E-state index contributed by atoms with van der Waals surface area (Å²) in [7, 11) is -4.40. The molecule has 9 nitrogen and oxygen atoms in total. The summed E-state index contributed by atoms with van der Waals surface area (Å²) in [6.45, 7) is 3.58. The first-order chi connectivity index (χ1) is 37.8. The minimum Gasteiger partial charge on any atom is -0.462 e. The van der Waals surface area contributed by atoms with Gasteiger partial charge in [0.15, 0.2) is 6.10 Å². The van der Waals surface area contributed by atoms with Crippen LogP contribution in [-0.4, -0.2) is 49.3 Å². The van der Waals surface area contributed by atoms with Crippen molar-refractivity contribution < 1.29 is 37.6 Å². The van der Waals surface area contributed by atoms with Gasteiger partial charge in [0.25, 0.3) is 0 Å². The van der Waals surface area contributed by atoms with Gasteiger partial charge in [-0.2, -0.15) is 0 Å². The van der Waals surface area contributed by atoms with Crippen LogP contribution >= 0.6 is 7.82 Å². The zero-order valence-electron chi connectivity index (χ0n) is 48.9. The Morgan fingerprint density at radius 3 is 1.06 bits per heavy atom. The Bertz CT molecular complexity index is 1720. The predicted molar refractivity (Wildman–Crippen MR) is 330 cm³/mol. The van der Waals surface area contributed by atoms with E-state index < -0.39 is 32.5 Å². The predicted octanol–water partition coefficient (Wildman–Crippen LogP) is 19.7. The lowest BCUT2D eigenvalue weighted by molar-refractivity contribution is -0.161. The molecule has 3 N–H and O–H groups in total. The van der Waals surface area contributed by atoms with Gasteiger partial charge in [0.2, 0.25) is 0 Å². The molecule has 2 unspecified atom stereocenters. The van der Waals surface area contributed by atoms with Crippen molar-refractivity contribution in [2.24, 2.45) is 5.73 Å². The number of hydrogen-bond acceptors (Lipinski definition) is 8. The molecule has 0 rings (SSSR count). The zero-order valence-corrected chi connectivity index (χ0v) is 49.8. The number of phosphoric acid groups is 1. The molecule has 0 heterocycles. The highest BCUT2D eigenvalue weighted by atomic mass is 31.2. The van der Waals surface area contributed by atoms with Gasteiger partial charge in [-0.3, -0.25) is 18.6 Å². The summed E-state index contributed by atoms with van der Waals surface area (Å²) in [4.78, 5) is 35.2. The molecular weight excluding hydrogens is 978 g/mol. The monoisotopic (exact) mass is 1090 g/mol. The molecule has 0 fully saturated rings. The Hall–Kier alpha value is -3.85. The molecule has 0 saturated heterocycles. The van der Waals surface area contributed by atoms with Gasteiger partial charge in [-0.25, -0.2) is 4.57 Å². The molecule has 0 aromatic rings. The number of hydrogen-bond donors (Lipinski definition) is 2. The van der Waals surface area contributed by atoms with Crippen LogP contribution in [-0.2, 0) is 32.7 Å². The lowest BCUT2D eigenvalue weighted by Gasteiger charge is -2.19. The smallest absolute Gasteiger partial charge is 0.462 e. The van der Waals surface area contributed by atoms with Gasteiger partial charge in [-0.05, 0) is 116 Å². The number of nitrogens with two attached hydrogens (primary N) is 1. The van der Waals surface area contributed by atoms with Gasteiger partial charge in [-0.15, -0.1) is 0 Å². The molecule has 0 spiro atoms. The number of esters is 2. The van der Waals surface area contributed by atoms with E-state index in [1.807, 2.05) is 0 Å². The van der Waals surface area contributed by atoms with Gasteiger partial charge in [0.05, 0.1) is 13.2 Å². The first-order valence-corrected chi connectivity index (χ1v) is 32.2. The Morgan fingerprint density at radius 2 is 0.714 bits per heavy atom. The summed E-state index contributed by atoms with van der Waals surface area (Å²) < 4.78 is 33.0. The molecule has 0 aromatic carbocycles. The van der Waals surface area contributed by atoms with Crippen molar-refractivity contribution in [1.82, 2.24) is 0 Å². The van der Waals surface area contributed by atoms with Gasteiger partial charge >= 0.3 is 19.8 Å². The van der Waals surface area contributed by atoms with E-state index in [1.165, 1.54) is 77.0 Å². The SMILES string of the molecule is CC/C=C\C/C=C\C/C=C\C/C=C\C/C=C\C/C=C\C/C=C\C/C=C\CCCCCCCCCCCCCCC(=O)OC(COC(=O)CCCCCCCC/C=C\C/C=C\C/C=C\CCCCC)COP(=O)(O)OCCN. The van der Waals surface area contributed by atoms with E-state index in [0.717, 1.165) is 128 Å². The average Bonchev–Trinajstić information content (AvgIpc) is 3.42. The summed E-state index contributed by atoms with van der Waals surface area (Å²) in [5, 5.41) is 0. The highest BCUT2D eigenvalue weighted by molar-refractivity contribution is 7.47. The van der Waals surface area contributed by atoms with Crippen molar-refractivity contribution >= 4 is 19.8 Å². The van der Waals surface area contributed by atoms with E-state index in [-0.39, 0.29) is 32.6 Å². The van der Waals surface area contributed by atoms with Gasteiger partial charge in [-0.1, -0.05) is 250 Å². The Kier molecular flexibility index (Phi) is 58.3. The topological polar surface area (TPSA) is 134 Å². The van der Waals surface area contributed by atoms with Crippen molar-refractivity contribution in [2.75, 3.05) is 26.4 Å². The summed E-state index contributed by atoms with van der Waals surface area (Å²) in [6.07, 6.45) is 86.5. The highest BCUT2D eigenvalue weighted by Crippen LogP contribution is 2.43. The van der Waals surface area contributed by atoms with Crippen LogP contribution in [0, 0.1) is 0 Å². The summed E-state index contributed by atoms with van der Waals surface area (Å²) >= 11 is 0. The fraction of sp³-hybridized carbons (Fsp3) is 0.642. The van der Waals surface area contributed by atoms with E-state index in [1.54, 1.807) is 0 Å². The summed E-state index contributed by atoms with van der Waals surface area (Å²) in [5.41, 5.74) is 5.38. The van der Waals surface area contributed by atoms with E-state index >= 15 is 0 Å². The van der Waals surface area contributed by atoms with E-state index in [0.29, 0.717) is 12.8 Å².